The van der Waals surface area contributed by atoms with Crippen LogP contribution in [0.4, 0.5) is 17.6 Å². The number of esters is 1. The molecule has 1 heterocycles. The second-order valence-electron chi connectivity index (χ2n) is 5.31. The maximum absolute atomic E-state index is 13.3. The van der Waals surface area contributed by atoms with E-state index in [2.05, 4.69) is 9.72 Å². The SMILES string of the molecule is COC(=O)c1cc(-c2ccc(F)c(Cl)c2)nc(C(O)(CN)C(F)(F)F)c1. The Morgan fingerprint density at radius 2 is 1.96 bits per heavy atom. The highest BCUT2D eigenvalue weighted by Gasteiger charge is 2.55. The standard InChI is InChI=1S/C16H13ClF4N2O3/c1-26-14(24)9-5-12(8-2-3-11(18)10(17)4-8)23-13(6-9)15(25,7-22)16(19,20)21/h2-6,25H,7,22H2,1H3. The van der Waals surface area contributed by atoms with E-state index in [9.17, 15) is 27.5 Å². The number of pyridine rings is 1. The van der Waals surface area contributed by atoms with Crippen LogP contribution in [0.2, 0.25) is 5.02 Å². The first kappa shape index (κ1) is 20.1. The van der Waals surface area contributed by atoms with E-state index in [1.54, 1.807) is 0 Å². The van der Waals surface area contributed by atoms with Crippen molar-refractivity contribution in [1.29, 1.82) is 0 Å². The number of hydrogen-bond donors (Lipinski definition) is 2. The van der Waals surface area contributed by atoms with Crippen molar-refractivity contribution in [2.45, 2.75) is 11.8 Å². The van der Waals surface area contributed by atoms with Gasteiger partial charge in [0.2, 0.25) is 5.60 Å². The van der Waals surface area contributed by atoms with E-state index >= 15 is 0 Å². The molecule has 0 aliphatic rings. The first-order valence-electron chi connectivity index (χ1n) is 7.09. The van der Waals surface area contributed by atoms with Crippen molar-refractivity contribution in [3.05, 3.63) is 52.4 Å². The predicted octanol–water partition coefficient (Wildman–Crippen LogP) is 3.04. The number of alkyl halides is 3. The van der Waals surface area contributed by atoms with Gasteiger partial charge in [0.05, 0.1) is 29.1 Å². The van der Waals surface area contributed by atoms with Crippen molar-refractivity contribution < 1.29 is 32.2 Å². The van der Waals surface area contributed by atoms with Crippen LogP contribution in [0.3, 0.4) is 0 Å². The molecule has 0 radical (unpaired) electrons. The van der Waals surface area contributed by atoms with E-state index in [1.165, 1.54) is 6.07 Å². The van der Waals surface area contributed by atoms with Crippen LogP contribution in [0.25, 0.3) is 11.3 Å². The van der Waals surface area contributed by atoms with Crippen molar-refractivity contribution in [3.63, 3.8) is 0 Å². The van der Waals surface area contributed by atoms with Gasteiger partial charge < -0.3 is 15.6 Å². The van der Waals surface area contributed by atoms with E-state index in [-0.39, 0.29) is 21.8 Å². The molecule has 1 aromatic carbocycles. The smallest absolute Gasteiger partial charge is 0.424 e. The number of aliphatic hydroxyl groups is 1. The number of carbonyl (C=O) groups excluding carboxylic acids is 1. The van der Waals surface area contributed by atoms with Crippen LogP contribution in [0.15, 0.2) is 30.3 Å². The second kappa shape index (κ2) is 7.18. The molecule has 140 valence electrons. The lowest BCUT2D eigenvalue weighted by molar-refractivity contribution is -0.263. The molecule has 0 saturated carbocycles. The van der Waals surface area contributed by atoms with E-state index in [1.807, 2.05) is 0 Å². The lowest BCUT2D eigenvalue weighted by Gasteiger charge is -2.29. The van der Waals surface area contributed by atoms with Gasteiger partial charge in [-0.1, -0.05) is 11.6 Å². The average Bonchev–Trinajstić information content (AvgIpc) is 2.61. The minimum absolute atomic E-state index is 0.130. The zero-order chi connectivity index (χ0) is 19.7. The van der Waals surface area contributed by atoms with Crippen LogP contribution in [0, 0.1) is 5.82 Å². The highest BCUT2D eigenvalue weighted by atomic mass is 35.5. The number of hydrogen-bond acceptors (Lipinski definition) is 5. The van der Waals surface area contributed by atoms with Crippen LogP contribution < -0.4 is 5.73 Å². The summed E-state index contributed by atoms with van der Waals surface area (Å²) in [5.41, 5.74) is 0.408. The van der Waals surface area contributed by atoms with Gasteiger partial charge in [-0.2, -0.15) is 13.2 Å². The van der Waals surface area contributed by atoms with E-state index in [0.717, 1.165) is 31.4 Å². The van der Waals surface area contributed by atoms with Crippen LogP contribution >= 0.6 is 11.6 Å². The molecule has 1 aromatic heterocycles. The Morgan fingerprint density at radius 1 is 1.31 bits per heavy atom. The molecule has 0 bridgehead atoms. The predicted molar refractivity (Wildman–Crippen MR) is 85.0 cm³/mol. The molecule has 0 amide bonds. The van der Waals surface area contributed by atoms with E-state index in [4.69, 9.17) is 17.3 Å². The third-order valence-electron chi connectivity index (χ3n) is 3.65. The Kier molecular flexibility index (Phi) is 5.55. The van der Waals surface area contributed by atoms with Gasteiger partial charge in [0, 0.05) is 12.1 Å². The van der Waals surface area contributed by atoms with Crippen molar-refractivity contribution in [3.8, 4) is 11.3 Å². The maximum atomic E-state index is 13.3. The number of ether oxygens (including phenoxy) is 1. The zero-order valence-electron chi connectivity index (χ0n) is 13.3. The lowest BCUT2D eigenvalue weighted by Crippen LogP contribution is -2.49. The summed E-state index contributed by atoms with van der Waals surface area (Å²) in [4.78, 5) is 15.6. The number of rotatable bonds is 4. The molecule has 2 aromatic rings. The van der Waals surface area contributed by atoms with Gasteiger partial charge in [0.15, 0.2) is 0 Å². The number of methoxy groups -OCH3 is 1. The highest BCUT2D eigenvalue weighted by Crippen LogP contribution is 2.38. The number of halogens is 5. The molecule has 3 N–H and O–H groups in total. The van der Waals surface area contributed by atoms with Crippen molar-refractivity contribution in [2.75, 3.05) is 13.7 Å². The van der Waals surface area contributed by atoms with Crippen LogP contribution in [-0.2, 0) is 10.3 Å². The lowest BCUT2D eigenvalue weighted by atomic mass is 9.95. The molecule has 0 saturated heterocycles. The minimum Gasteiger partial charge on any atom is -0.465 e. The second-order valence-corrected chi connectivity index (χ2v) is 5.72. The summed E-state index contributed by atoms with van der Waals surface area (Å²) in [5.74, 6) is -1.70. The summed E-state index contributed by atoms with van der Waals surface area (Å²) in [6.07, 6.45) is -5.15. The Labute approximate surface area is 150 Å². The first-order chi connectivity index (χ1) is 12.0. The van der Waals surface area contributed by atoms with Gasteiger partial charge in [-0.3, -0.25) is 0 Å². The summed E-state index contributed by atoms with van der Waals surface area (Å²) in [5, 5.41) is 9.73. The summed E-state index contributed by atoms with van der Waals surface area (Å²) < 4.78 is 57.7. The molecule has 0 aliphatic heterocycles. The minimum atomic E-state index is -5.15. The van der Waals surface area contributed by atoms with Crippen molar-refractivity contribution >= 4 is 17.6 Å². The first-order valence-corrected chi connectivity index (χ1v) is 7.46. The fourth-order valence-corrected chi connectivity index (χ4v) is 2.33. The van der Waals surface area contributed by atoms with Crippen LogP contribution in [0.1, 0.15) is 16.1 Å². The third kappa shape index (κ3) is 3.64. The molecule has 5 nitrogen and oxygen atoms in total. The Bertz CT molecular complexity index is 845. The van der Waals surface area contributed by atoms with Gasteiger partial charge in [-0.25, -0.2) is 14.2 Å². The van der Waals surface area contributed by atoms with Gasteiger partial charge in [-0.15, -0.1) is 0 Å². The fourth-order valence-electron chi connectivity index (χ4n) is 2.15. The van der Waals surface area contributed by atoms with Crippen LogP contribution in [0.5, 0.6) is 0 Å². The number of benzene rings is 1. The molecule has 10 heteroatoms. The summed E-state index contributed by atoms with van der Waals surface area (Å²) in [6, 6.07) is 5.19. The quantitative estimate of drug-likeness (QED) is 0.617. The number of nitrogens with two attached hydrogens (primary N) is 1. The Morgan fingerprint density at radius 3 is 2.46 bits per heavy atom. The molecule has 0 aliphatic carbocycles. The molecule has 2 rings (SSSR count). The molecule has 0 spiro atoms. The van der Waals surface area contributed by atoms with E-state index < -0.39 is 35.8 Å². The monoisotopic (exact) mass is 392 g/mol. The van der Waals surface area contributed by atoms with Gasteiger partial charge in [-0.05, 0) is 30.3 Å². The zero-order valence-corrected chi connectivity index (χ0v) is 14.0. The number of nitrogens with zero attached hydrogens (tertiary/aromatic N) is 1. The fraction of sp³-hybridized carbons (Fsp3) is 0.250. The molecule has 0 fully saturated rings. The summed E-state index contributed by atoms with van der Waals surface area (Å²) in [6.45, 7) is -1.22. The van der Waals surface area contributed by atoms with E-state index in [0.29, 0.717) is 0 Å². The van der Waals surface area contributed by atoms with Crippen molar-refractivity contribution in [1.82, 2.24) is 4.98 Å². The molecule has 26 heavy (non-hydrogen) atoms. The third-order valence-corrected chi connectivity index (χ3v) is 3.94. The summed E-state index contributed by atoms with van der Waals surface area (Å²) >= 11 is 5.68. The Balaban J connectivity index is 2.74. The summed E-state index contributed by atoms with van der Waals surface area (Å²) in [7, 11) is 1.04. The van der Waals surface area contributed by atoms with Gasteiger partial charge in [0.25, 0.3) is 0 Å². The molecular formula is C16H13ClF4N2O3. The maximum Gasteiger partial charge on any atom is 0.424 e. The molecule has 1 unspecified atom stereocenters. The normalized spacial score (nSPS) is 14.0. The molecule has 1 atom stereocenters. The van der Waals surface area contributed by atoms with Crippen molar-refractivity contribution in [2.24, 2.45) is 5.73 Å². The van der Waals surface area contributed by atoms with Crippen LogP contribution in [-0.4, -0.2) is 35.9 Å². The molecular weight excluding hydrogens is 380 g/mol. The van der Waals surface area contributed by atoms with Gasteiger partial charge in [0.1, 0.15) is 5.82 Å². The number of aromatic nitrogens is 1. The Hall–Kier alpha value is -2.23. The topological polar surface area (TPSA) is 85.4 Å². The highest BCUT2D eigenvalue weighted by molar-refractivity contribution is 6.31. The largest absolute Gasteiger partial charge is 0.465 e. The number of carbonyl (C=O) groups is 1. The van der Waals surface area contributed by atoms with Gasteiger partial charge >= 0.3 is 12.1 Å². The average molecular weight is 393 g/mol.